The maximum Gasteiger partial charge on any atom is 0.324 e. The van der Waals surface area contributed by atoms with Gasteiger partial charge in [-0.05, 0) is 71.4 Å². The van der Waals surface area contributed by atoms with Crippen LogP contribution in [-0.4, -0.2) is 70.2 Å². The molecule has 1 aromatic heterocycles. The lowest BCUT2D eigenvalue weighted by Crippen LogP contribution is -2.53. The molecule has 2 atom stereocenters. The Hall–Kier alpha value is -1.63. The molecule has 0 aliphatic carbocycles. The van der Waals surface area contributed by atoms with Gasteiger partial charge in [0, 0.05) is 37.1 Å². The van der Waals surface area contributed by atoms with Gasteiger partial charge in [0.2, 0.25) is 5.91 Å². The Kier molecular flexibility index (Phi) is 5.50. The molecule has 4 aliphatic rings. The molecular weight excluding hydrogens is 366 g/mol. The van der Waals surface area contributed by atoms with Crippen LogP contribution in [0.4, 0.5) is 6.01 Å². The van der Waals surface area contributed by atoms with Crippen LogP contribution in [0.3, 0.4) is 0 Å². The molecule has 4 fully saturated rings. The van der Waals surface area contributed by atoms with Crippen molar-refractivity contribution in [2.45, 2.75) is 89.3 Å². The standard InChI is InChI=1S/C22H35N5O2/c1-16-23-22(29-24-16)27-18-6-7-19(27)15-20(14-18)25-12-8-17(9-13-25)21(28)26-10-4-2-3-5-11-26/h17-20H,2-15H2,1H3. The molecule has 0 N–H and O–H groups in total. The van der Waals surface area contributed by atoms with Crippen molar-refractivity contribution in [2.24, 2.45) is 5.92 Å². The molecule has 2 bridgehead atoms. The van der Waals surface area contributed by atoms with Crippen molar-refractivity contribution < 1.29 is 9.32 Å². The fourth-order valence-electron chi connectivity index (χ4n) is 6.21. The van der Waals surface area contributed by atoms with Gasteiger partial charge in [0.05, 0.1) is 0 Å². The average molecular weight is 402 g/mol. The molecule has 0 aromatic carbocycles. The molecule has 0 spiro atoms. The number of amides is 1. The van der Waals surface area contributed by atoms with Gasteiger partial charge in [0.25, 0.3) is 0 Å². The van der Waals surface area contributed by atoms with Crippen LogP contribution < -0.4 is 4.90 Å². The zero-order chi connectivity index (χ0) is 19.8. The third-order valence-corrected chi connectivity index (χ3v) is 7.76. The lowest BCUT2D eigenvalue weighted by molar-refractivity contribution is -0.137. The zero-order valence-electron chi connectivity index (χ0n) is 17.8. The van der Waals surface area contributed by atoms with E-state index in [0.717, 1.165) is 50.9 Å². The first-order valence-electron chi connectivity index (χ1n) is 11.8. The van der Waals surface area contributed by atoms with Crippen LogP contribution in [0.5, 0.6) is 0 Å². The summed E-state index contributed by atoms with van der Waals surface area (Å²) in [6.45, 7) is 6.01. The summed E-state index contributed by atoms with van der Waals surface area (Å²) in [4.78, 5) is 24.7. The molecular formula is C22H35N5O2. The fraction of sp³-hybridized carbons (Fsp3) is 0.864. The van der Waals surface area contributed by atoms with Crippen LogP contribution in [-0.2, 0) is 4.79 Å². The van der Waals surface area contributed by atoms with Crippen molar-refractivity contribution in [1.29, 1.82) is 0 Å². The van der Waals surface area contributed by atoms with Gasteiger partial charge in [-0.15, -0.1) is 0 Å². The minimum absolute atomic E-state index is 0.252. The van der Waals surface area contributed by atoms with Crippen molar-refractivity contribution in [3.8, 4) is 0 Å². The third kappa shape index (κ3) is 3.90. The number of aromatic nitrogens is 2. The molecule has 7 heteroatoms. The fourth-order valence-corrected chi connectivity index (χ4v) is 6.21. The van der Waals surface area contributed by atoms with E-state index in [1.807, 2.05) is 6.92 Å². The largest absolute Gasteiger partial charge is 0.342 e. The number of carbonyl (C=O) groups is 1. The molecule has 160 valence electrons. The molecule has 1 aromatic rings. The molecule has 5 rings (SSSR count). The first-order valence-corrected chi connectivity index (χ1v) is 11.8. The third-order valence-electron chi connectivity index (χ3n) is 7.76. The first kappa shape index (κ1) is 19.3. The molecule has 2 unspecified atom stereocenters. The summed E-state index contributed by atoms with van der Waals surface area (Å²) in [6.07, 6.45) is 11.8. The lowest BCUT2D eigenvalue weighted by Gasteiger charge is -2.44. The summed E-state index contributed by atoms with van der Waals surface area (Å²) in [5, 5.41) is 3.99. The zero-order valence-corrected chi connectivity index (χ0v) is 17.8. The monoisotopic (exact) mass is 401 g/mol. The van der Waals surface area contributed by atoms with Crippen molar-refractivity contribution in [1.82, 2.24) is 19.9 Å². The number of hydrogen-bond donors (Lipinski definition) is 0. The molecule has 29 heavy (non-hydrogen) atoms. The minimum Gasteiger partial charge on any atom is -0.342 e. The average Bonchev–Trinajstić information content (AvgIpc) is 3.14. The minimum atomic E-state index is 0.252. The number of anilines is 1. The molecule has 0 radical (unpaired) electrons. The van der Waals surface area contributed by atoms with Crippen LogP contribution in [0.25, 0.3) is 0 Å². The maximum atomic E-state index is 13.0. The Bertz CT molecular complexity index is 692. The van der Waals surface area contributed by atoms with Gasteiger partial charge in [-0.3, -0.25) is 4.79 Å². The molecule has 4 aliphatic heterocycles. The van der Waals surface area contributed by atoms with E-state index in [1.165, 1.54) is 51.4 Å². The maximum absolute atomic E-state index is 13.0. The van der Waals surface area contributed by atoms with Gasteiger partial charge in [-0.25, -0.2) is 0 Å². The Morgan fingerprint density at radius 3 is 2.14 bits per heavy atom. The van der Waals surface area contributed by atoms with E-state index in [1.54, 1.807) is 0 Å². The summed E-state index contributed by atoms with van der Waals surface area (Å²) >= 11 is 0. The van der Waals surface area contributed by atoms with Crippen LogP contribution in [0.1, 0.15) is 70.0 Å². The van der Waals surface area contributed by atoms with Gasteiger partial charge in [0.15, 0.2) is 5.82 Å². The van der Waals surface area contributed by atoms with Gasteiger partial charge < -0.3 is 19.2 Å². The normalized spacial score (nSPS) is 31.8. The van der Waals surface area contributed by atoms with E-state index in [4.69, 9.17) is 4.52 Å². The molecule has 1 amide bonds. The van der Waals surface area contributed by atoms with Crippen LogP contribution in [0, 0.1) is 12.8 Å². The number of nitrogens with zero attached hydrogens (tertiary/aromatic N) is 5. The molecule has 5 heterocycles. The first-order chi connectivity index (χ1) is 14.2. The molecule has 0 saturated carbocycles. The number of hydrogen-bond acceptors (Lipinski definition) is 6. The SMILES string of the molecule is Cc1noc(N2C3CCC2CC(N2CCC(C(=O)N4CCCCCC4)CC2)C3)n1. The number of likely N-dealkylation sites (tertiary alicyclic amines) is 2. The number of carbonyl (C=O) groups excluding carboxylic acids is 1. The van der Waals surface area contributed by atoms with Crippen molar-refractivity contribution in [2.75, 3.05) is 31.1 Å². The Morgan fingerprint density at radius 1 is 0.897 bits per heavy atom. The van der Waals surface area contributed by atoms with Crippen molar-refractivity contribution >= 4 is 11.9 Å². The number of rotatable bonds is 3. The van der Waals surface area contributed by atoms with E-state index in [9.17, 15) is 4.79 Å². The highest BCUT2D eigenvalue weighted by Crippen LogP contribution is 2.41. The van der Waals surface area contributed by atoms with Crippen LogP contribution in [0.15, 0.2) is 4.52 Å². The molecule has 4 saturated heterocycles. The van der Waals surface area contributed by atoms with Crippen LogP contribution >= 0.6 is 0 Å². The molecule has 7 nitrogen and oxygen atoms in total. The van der Waals surface area contributed by atoms with E-state index in [2.05, 4.69) is 24.8 Å². The number of aryl methyl sites for hydroxylation is 1. The highest BCUT2D eigenvalue weighted by atomic mass is 16.5. The number of fused-ring (bicyclic) bond motifs is 2. The Labute approximate surface area is 173 Å². The van der Waals surface area contributed by atoms with Crippen molar-refractivity contribution in [3.63, 3.8) is 0 Å². The van der Waals surface area contributed by atoms with Crippen LogP contribution in [0.2, 0.25) is 0 Å². The van der Waals surface area contributed by atoms with Gasteiger partial charge in [-0.1, -0.05) is 18.0 Å². The summed E-state index contributed by atoms with van der Waals surface area (Å²) < 4.78 is 5.48. The summed E-state index contributed by atoms with van der Waals surface area (Å²) in [5.74, 6) is 1.41. The second-order valence-corrected chi connectivity index (χ2v) is 9.59. The summed E-state index contributed by atoms with van der Waals surface area (Å²) in [7, 11) is 0. The Morgan fingerprint density at radius 2 is 1.55 bits per heavy atom. The summed E-state index contributed by atoms with van der Waals surface area (Å²) in [5.41, 5.74) is 0. The predicted octanol–water partition coefficient (Wildman–Crippen LogP) is 2.99. The van der Waals surface area contributed by atoms with E-state index in [0.29, 0.717) is 24.0 Å². The summed E-state index contributed by atoms with van der Waals surface area (Å²) in [6, 6.07) is 2.40. The van der Waals surface area contributed by atoms with E-state index >= 15 is 0 Å². The predicted molar refractivity (Wildman–Crippen MR) is 111 cm³/mol. The van der Waals surface area contributed by atoms with Gasteiger partial charge in [-0.2, -0.15) is 4.98 Å². The van der Waals surface area contributed by atoms with Gasteiger partial charge >= 0.3 is 6.01 Å². The highest BCUT2D eigenvalue weighted by molar-refractivity contribution is 5.79. The second-order valence-electron chi connectivity index (χ2n) is 9.59. The quantitative estimate of drug-likeness (QED) is 0.776. The van der Waals surface area contributed by atoms with Crippen molar-refractivity contribution in [3.05, 3.63) is 5.82 Å². The van der Waals surface area contributed by atoms with E-state index < -0.39 is 0 Å². The Balaban J connectivity index is 1.16. The number of piperidine rings is 2. The highest BCUT2D eigenvalue weighted by Gasteiger charge is 2.45. The lowest BCUT2D eigenvalue weighted by atomic mass is 9.90. The van der Waals surface area contributed by atoms with E-state index in [-0.39, 0.29) is 5.92 Å². The topological polar surface area (TPSA) is 65.7 Å². The smallest absolute Gasteiger partial charge is 0.324 e. The van der Waals surface area contributed by atoms with Gasteiger partial charge in [0.1, 0.15) is 0 Å². The second kappa shape index (κ2) is 8.25.